The molecule has 6 nitrogen and oxygen atoms in total. The monoisotopic (exact) mass is 237 g/mol. The molecular formula is C11H15N3O3. The lowest BCUT2D eigenvalue weighted by Crippen LogP contribution is -2.32. The molecule has 1 aliphatic heterocycles. The molecule has 6 heteroatoms. The molecule has 0 aromatic carbocycles. The van der Waals surface area contributed by atoms with Crippen molar-refractivity contribution in [2.45, 2.75) is 26.0 Å². The van der Waals surface area contributed by atoms with Gasteiger partial charge < -0.3 is 10.0 Å². The van der Waals surface area contributed by atoms with Crippen molar-refractivity contribution in [2.75, 3.05) is 13.1 Å². The van der Waals surface area contributed by atoms with E-state index in [0.29, 0.717) is 26.1 Å². The fourth-order valence-electron chi connectivity index (χ4n) is 1.88. The predicted octanol–water partition coefficient (Wildman–Crippen LogP) is -0.530. The molecule has 1 aromatic rings. The molecule has 0 radical (unpaired) electrons. The molecule has 0 aliphatic carbocycles. The highest BCUT2D eigenvalue weighted by Gasteiger charge is 2.26. The van der Waals surface area contributed by atoms with Crippen molar-refractivity contribution in [3.05, 3.63) is 28.2 Å². The Morgan fingerprint density at radius 3 is 2.94 bits per heavy atom. The number of aryl methyl sites for hydroxylation is 1. The molecule has 1 fully saturated rings. The molecule has 0 unspecified atom stereocenters. The minimum atomic E-state index is -0.448. The summed E-state index contributed by atoms with van der Waals surface area (Å²) in [5.41, 5.74) is 0.0334. The van der Waals surface area contributed by atoms with Gasteiger partial charge in [0.05, 0.1) is 6.10 Å². The zero-order valence-corrected chi connectivity index (χ0v) is 9.67. The molecule has 17 heavy (non-hydrogen) atoms. The summed E-state index contributed by atoms with van der Waals surface area (Å²) in [6.07, 6.45) is 0.148. The average Bonchev–Trinajstić information content (AvgIpc) is 2.75. The fraction of sp³-hybridized carbons (Fsp3) is 0.545. The highest BCUT2D eigenvalue weighted by molar-refractivity contribution is 5.92. The van der Waals surface area contributed by atoms with Gasteiger partial charge in [0.1, 0.15) is 5.69 Å². The maximum atomic E-state index is 12.0. The summed E-state index contributed by atoms with van der Waals surface area (Å²) in [4.78, 5) is 24.9. The zero-order valence-electron chi connectivity index (χ0n) is 9.67. The Kier molecular flexibility index (Phi) is 3.23. The SMILES string of the molecule is CCn1nc(C(=O)N2CC[C@@H](O)C2)ccc1=O. The molecule has 1 saturated heterocycles. The second kappa shape index (κ2) is 4.67. The number of carbonyl (C=O) groups excluding carboxylic acids is 1. The van der Waals surface area contributed by atoms with Gasteiger partial charge in [0.25, 0.3) is 11.5 Å². The Balaban J connectivity index is 2.22. The van der Waals surface area contributed by atoms with Crippen molar-refractivity contribution >= 4 is 5.91 Å². The third kappa shape index (κ3) is 2.36. The molecule has 92 valence electrons. The first-order valence-corrected chi connectivity index (χ1v) is 5.67. The van der Waals surface area contributed by atoms with E-state index in [1.165, 1.54) is 16.8 Å². The van der Waals surface area contributed by atoms with Gasteiger partial charge in [-0.15, -0.1) is 0 Å². The average molecular weight is 237 g/mol. The van der Waals surface area contributed by atoms with Gasteiger partial charge in [-0.2, -0.15) is 5.10 Å². The molecule has 1 atom stereocenters. The summed E-state index contributed by atoms with van der Waals surface area (Å²) in [7, 11) is 0. The minimum absolute atomic E-state index is 0.217. The number of hydrogen-bond acceptors (Lipinski definition) is 4. The van der Waals surface area contributed by atoms with Crippen LogP contribution >= 0.6 is 0 Å². The van der Waals surface area contributed by atoms with Crippen LogP contribution in [0.3, 0.4) is 0 Å². The van der Waals surface area contributed by atoms with Crippen molar-refractivity contribution in [3.8, 4) is 0 Å². The van der Waals surface area contributed by atoms with E-state index in [2.05, 4.69) is 5.10 Å². The van der Waals surface area contributed by atoms with Crippen LogP contribution in [0.15, 0.2) is 16.9 Å². The number of carbonyl (C=O) groups is 1. The lowest BCUT2D eigenvalue weighted by Gasteiger charge is -2.15. The molecule has 1 amide bonds. The lowest BCUT2D eigenvalue weighted by atomic mass is 10.3. The van der Waals surface area contributed by atoms with Crippen LogP contribution in [-0.2, 0) is 6.54 Å². The van der Waals surface area contributed by atoms with E-state index in [9.17, 15) is 14.7 Å². The first kappa shape index (κ1) is 11.8. The third-order valence-corrected chi connectivity index (χ3v) is 2.84. The topological polar surface area (TPSA) is 75.4 Å². The van der Waals surface area contributed by atoms with Gasteiger partial charge in [-0.25, -0.2) is 4.68 Å². The smallest absolute Gasteiger partial charge is 0.274 e. The number of amides is 1. The van der Waals surface area contributed by atoms with Crippen LogP contribution < -0.4 is 5.56 Å². The standard InChI is InChI=1S/C11H15N3O3/c1-2-14-10(16)4-3-9(12-14)11(17)13-6-5-8(15)7-13/h3-4,8,15H,2,5-7H2,1H3/t8-/m1/s1. The van der Waals surface area contributed by atoms with Gasteiger partial charge in [0, 0.05) is 25.7 Å². The van der Waals surface area contributed by atoms with Crippen LogP contribution in [0.4, 0.5) is 0 Å². The van der Waals surface area contributed by atoms with Crippen LogP contribution in [-0.4, -0.2) is 44.9 Å². The second-order valence-corrected chi connectivity index (χ2v) is 4.07. The Morgan fingerprint density at radius 2 is 2.35 bits per heavy atom. The highest BCUT2D eigenvalue weighted by Crippen LogP contribution is 2.11. The van der Waals surface area contributed by atoms with Gasteiger partial charge >= 0.3 is 0 Å². The van der Waals surface area contributed by atoms with Crippen LogP contribution in [0.25, 0.3) is 0 Å². The quantitative estimate of drug-likeness (QED) is 0.750. The number of hydrogen-bond donors (Lipinski definition) is 1. The molecule has 0 spiro atoms. The first-order chi connectivity index (χ1) is 8.11. The van der Waals surface area contributed by atoms with Gasteiger partial charge in [0.2, 0.25) is 0 Å². The number of likely N-dealkylation sites (tertiary alicyclic amines) is 1. The number of aliphatic hydroxyl groups is 1. The van der Waals surface area contributed by atoms with E-state index >= 15 is 0 Å². The number of nitrogens with zero attached hydrogens (tertiary/aromatic N) is 3. The predicted molar refractivity (Wildman–Crippen MR) is 60.7 cm³/mol. The summed E-state index contributed by atoms with van der Waals surface area (Å²) < 4.78 is 1.25. The first-order valence-electron chi connectivity index (χ1n) is 5.67. The Labute approximate surface area is 98.5 Å². The van der Waals surface area contributed by atoms with Crippen molar-refractivity contribution < 1.29 is 9.90 Å². The van der Waals surface area contributed by atoms with E-state index in [1.807, 2.05) is 0 Å². The zero-order chi connectivity index (χ0) is 12.4. The maximum Gasteiger partial charge on any atom is 0.274 e. The van der Waals surface area contributed by atoms with E-state index in [4.69, 9.17) is 0 Å². The van der Waals surface area contributed by atoms with Gasteiger partial charge in [-0.3, -0.25) is 9.59 Å². The lowest BCUT2D eigenvalue weighted by molar-refractivity contribution is 0.0756. The minimum Gasteiger partial charge on any atom is -0.391 e. The van der Waals surface area contributed by atoms with Gasteiger partial charge in [-0.1, -0.05) is 0 Å². The van der Waals surface area contributed by atoms with Gasteiger partial charge in [0.15, 0.2) is 0 Å². The molecule has 1 aromatic heterocycles. The van der Waals surface area contributed by atoms with Crippen molar-refractivity contribution in [1.82, 2.24) is 14.7 Å². The van der Waals surface area contributed by atoms with Gasteiger partial charge in [-0.05, 0) is 19.4 Å². The molecule has 0 bridgehead atoms. The molecular weight excluding hydrogens is 222 g/mol. The number of aromatic nitrogens is 2. The fourth-order valence-corrected chi connectivity index (χ4v) is 1.88. The van der Waals surface area contributed by atoms with E-state index in [1.54, 1.807) is 11.8 Å². The highest BCUT2D eigenvalue weighted by atomic mass is 16.3. The second-order valence-electron chi connectivity index (χ2n) is 4.07. The molecule has 2 rings (SSSR count). The van der Waals surface area contributed by atoms with Crippen molar-refractivity contribution in [1.29, 1.82) is 0 Å². The molecule has 1 aliphatic rings. The molecule has 0 saturated carbocycles. The molecule has 2 heterocycles. The number of rotatable bonds is 2. The van der Waals surface area contributed by atoms with Crippen LogP contribution in [0.5, 0.6) is 0 Å². The van der Waals surface area contributed by atoms with Crippen molar-refractivity contribution in [2.24, 2.45) is 0 Å². The Hall–Kier alpha value is -1.69. The Morgan fingerprint density at radius 1 is 1.59 bits per heavy atom. The largest absolute Gasteiger partial charge is 0.391 e. The van der Waals surface area contributed by atoms with Crippen LogP contribution in [0, 0.1) is 0 Å². The molecule has 1 N–H and O–H groups in total. The van der Waals surface area contributed by atoms with E-state index in [0.717, 1.165) is 0 Å². The summed E-state index contributed by atoms with van der Waals surface area (Å²) in [6.45, 7) is 3.10. The summed E-state index contributed by atoms with van der Waals surface area (Å²) >= 11 is 0. The third-order valence-electron chi connectivity index (χ3n) is 2.84. The number of aliphatic hydroxyl groups excluding tert-OH is 1. The van der Waals surface area contributed by atoms with Crippen molar-refractivity contribution in [3.63, 3.8) is 0 Å². The maximum absolute atomic E-state index is 12.0. The van der Waals surface area contributed by atoms with E-state index < -0.39 is 6.10 Å². The van der Waals surface area contributed by atoms with Crippen LogP contribution in [0.2, 0.25) is 0 Å². The Bertz CT molecular complexity index is 483. The van der Waals surface area contributed by atoms with Crippen LogP contribution in [0.1, 0.15) is 23.8 Å². The summed E-state index contributed by atoms with van der Waals surface area (Å²) in [5.74, 6) is -0.233. The van der Waals surface area contributed by atoms with E-state index in [-0.39, 0.29) is 17.2 Å². The summed E-state index contributed by atoms with van der Waals surface area (Å²) in [6, 6.07) is 2.78. The summed E-state index contributed by atoms with van der Waals surface area (Å²) in [5, 5.41) is 13.4. The normalized spacial score (nSPS) is 19.6. The number of β-amino-alcohol motifs (C(OH)–C–C–N with tert-alkyl or cyclic N) is 1.